The Bertz CT molecular complexity index is 472. The van der Waals surface area contributed by atoms with Crippen LogP contribution in [0.4, 0.5) is 16.2 Å². The van der Waals surface area contributed by atoms with Gasteiger partial charge in [0, 0.05) is 17.9 Å². The minimum absolute atomic E-state index is 0.348. The molecule has 0 spiro atoms. The maximum atomic E-state index is 11.3. The largest absolute Gasteiger partial charge is 0.450 e. The average molecular weight is 293 g/mol. The third-order valence-electron chi connectivity index (χ3n) is 2.73. The van der Waals surface area contributed by atoms with Crippen LogP contribution in [0.5, 0.6) is 0 Å². The Morgan fingerprint density at radius 3 is 2.38 bits per heavy atom. The molecule has 1 N–H and O–H groups in total. The Hall–Kier alpha value is -2.24. The predicted molar refractivity (Wildman–Crippen MR) is 84.8 cm³/mol. The molecule has 0 unspecified atom stereocenters. The molecule has 6 heteroatoms. The van der Waals surface area contributed by atoms with Gasteiger partial charge in [-0.05, 0) is 52.0 Å². The molecule has 21 heavy (non-hydrogen) atoms. The van der Waals surface area contributed by atoms with Gasteiger partial charge in [0.15, 0.2) is 0 Å². The molecule has 0 bridgehead atoms. The molecule has 0 saturated heterocycles. The van der Waals surface area contributed by atoms with E-state index in [1.54, 1.807) is 6.92 Å². The molecule has 0 atom stereocenters. The SMILES string of the molecule is CCON=C(C)N(CC)c1ccc(NC(=O)OCC)cc1. The minimum atomic E-state index is -0.452. The summed E-state index contributed by atoms with van der Waals surface area (Å²) in [5.41, 5.74) is 1.67. The summed E-state index contributed by atoms with van der Waals surface area (Å²) < 4.78 is 4.83. The van der Waals surface area contributed by atoms with E-state index in [0.29, 0.717) is 18.9 Å². The smallest absolute Gasteiger partial charge is 0.411 e. The Balaban J connectivity index is 2.77. The summed E-state index contributed by atoms with van der Waals surface area (Å²) >= 11 is 0. The molecule has 1 aromatic rings. The van der Waals surface area contributed by atoms with Gasteiger partial charge in [-0.3, -0.25) is 5.32 Å². The van der Waals surface area contributed by atoms with Crippen molar-refractivity contribution in [2.75, 3.05) is 30.0 Å². The second kappa shape index (κ2) is 8.84. The number of anilines is 2. The fourth-order valence-electron chi connectivity index (χ4n) is 1.82. The number of ether oxygens (including phenoxy) is 1. The van der Waals surface area contributed by atoms with E-state index in [1.165, 1.54) is 0 Å². The third-order valence-corrected chi connectivity index (χ3v) is 2.73. The number of benzene rings is 1. The molecule has 116 valence electrons. The van der Waals surface area contributed by atoms with Crippen molar-refractivity contribution in [1.82, 2.24) is 0 Å². The highest BCUT2D eigenvalue weighted by atomic mass is 16.6. The molecule has 0 aromatic heterocycles. The van der Waals surface area contributed by atoms with Crippen LogP contribution < -0.4 is 10.2 Å². The lowest BCUT2D eigenvalue weighted by atomic mass is 10.2. The van der Waals surface area contributed by atoms with Crippen molar-refractivity contribution in [2.45, 2.75) is 27.7 Å². The van der Waals surface area contributed by atoms with Gasteiger partial charge in [0.1, 0.15) is 12.4 Å². The van der Waals surface area contributed by atoms with Gasteiger partial charge in [0.2, 0.25) is 0 Å². The maximum absolute atomic E-state index is 11.3. The summed E-state index contributed by atoms with van der Waals surface area (Å²) in [5.74, 6) is 0.783. The predicted octanol–water partition coefficient (Wildman–Crippen LogP) is 3.45. The van der Waals surface area contributed by atoms with Crippen molar-refractivity contribution >= 4 is 23.3 Å². The Labute approximate surface area is 125 Å². The topological polar surface area (TPSA) is 63.2 Å². The van der Waals surface area contributed by atoms with Crippen molar-refractivity contribution in [3.05, 3.63) is 24.3 Å². The van der Waals surface area contributed by atoms with E-state index < -0.39 is 6.09 Å². The molecule has 0 radical (unpaired) electrons. The normalized spacial score (nSPS) is 11.0. The van der Waals surface area contributed by atoms with Crippen LogP contribution in [0.3, 0.4) is 0 Å². The summed E-state index contributed by atoms with van der Waals surface area (Å²) in [4.78, 5) is 18.4. The van der Waals surface area contributed by atoms with E-state index >= 15 is 0 Å². The zero-order valence-corrected chi connectivity index (χ0v) is 13.0. The van der Waals surface area contributed by atoms with E-state index in [0.717, 1.165) is 18.1 Å². The van der Waals surface area contributed by atoms with E-state index in [2.05, 4.69) is 10.5 Å². The highest BCUT2D eigenvalue weighted by molar-refractivity contribution is 5.96. The lowest BCUT2D eigenvalue weighted by molar-refractivity contribution is 0.158. The van der Waals surface area contributed by atoms with Crippen molar-refractivity contribution in [2.24, 2.45) is 5.16 Å². The first-order chi connectivity index (χ1) is 10.1. The second-order valence-electron chi connectivity index (χ2n) is 4.19. The van der Waals surface area contributed by atoms with Crippen LogP contribution in [-0.2, 0) is 9.57 Å². The number of hydrogen-bond donors (Lipinski definition) is 1. The van der Waals surface area contributed by atoms with E-state index in [4.69, 9.17) is 9.57 Å². The molecule has 0 heterocycles. The van der Waals surface area contributed by atoms with Gasteiger partial charge >= 0.3 is 6.09 Å². The summed E-state index contributed by atoms with van der Waals surface area (Å²) in [5, 5.41) is 6.69. The standard InChI is InChI=1S/C15H23N3O3/c1-5-18(12(4)17-21-7-3)14-10-8-13(9-11-14)16-15(19)20-6-2/h8-11H,5-7H2,1-4H3,(H,16,19). The van der Waals surface area contributed by atoms with Crippen LogP contribution in [0.1, 0.15) is 27.7 Å². The molecular weight excluding hydrogens is 270 g/mol. The monoisotopic (exact) mass is 293 g/mol. The van der Waals surface area contributed by atoms with Gasteiger partial charge in [-0.1, -0.05) is 5.16 Å². The first kappa shape index (κ1) is 16.8. The maximum Gasteiger partial charge on any atom is 0.411 e. The number of oxime groups is 1. The highest BCUT2D eigenvalue weighted by Crippen LogP contribution is 2.18. The van der Waals surface area contributed by atoms with Crippen molar-refractivity contribution in [3.63, 3.8) is 0 Å². The summed E-state index contributed by atoms with van der Waals surface area (Å²) in [6, 6.07) is 7.47. The van der Waals surface area contributed by atoms with Crippen molar-refractivity contribution < 1.29 is 14.4 Å². The molecule has 1 amide bonds. The van der Waals surface area contributed by atoms with E-state index in [-0.39, 0.29) is 0 Å². The first-order valence-electron chi connectivity index (χ1n) is 7.10. The minimum Gasteiger partial charge on any atom is -0.450 e. The van der Waals surface area contributed by atoms with Crippen molar-refractivity contribution in [3.8, 4) is 0 Å². The highest BCUT2D eigenvalue weighted by Gasteiger charge is 2.09. The molecule has 6 nitrogen and oxygen atoms in total. The quantitative estimate of drug-likeness (QED) is 0.495. The van der Waals surface area contributed by atoms with Gasteiger partial charge in [-0.2, -0.15) is 0 Å². The molecule has 1 aromatic carbocycles. The van der Waals surface area contributed by atoms with Crippen LogP contribution in [0, 0.1) is 0 Å². The fraction of sp³-hybridized carbons (Fsp3) is 0.467. The summed E-state index contributed by atoms with van der Waals surface area (Å²) in [7, 11) is 0. The summed E-state index contributed by atoms with van der Waals surface area (Å²) in [6.07, 6.45) is -0.452. The van der Waals surface area contributed by atoms with Gasteiger partial charge in [-0.15, -0.1) is 0 Å². The number of nitrogens with zero attached hydrogens (tertiary/aromatic N) is 2. The summed E-state index contributed by atoms with van der Waals surface area (Å²) in [6.45, 7) is 9.25. The van der Waals surface area contributed by atoms with Crippen LogP contribution in [0.25, 0.3) is 0 Å². The third kappa shape index (κ3) is 5.33. The fourth-order valence-corrected chi connectivity index (χ4v) is 1.82. The zero-order valence-electron chi connectivity index (χ0n) is 13.0. The number of amides is 1. The van der Waals surface area contributed by atoms with Gasteiger partial charge in [0.05, 0.1) is 6.61 Å². The zero-order chi connectivity index (χ0) is 15.7. The van der Waals surface area contributed by atoms with Crippen LogP contribution in [-0.4, -0.2) is 31.7 Å². The van der Waals surface area contributed by atoms with Crippen molar-refractivity contribution in [1.29, 1.82) is 0 Å². The van der Waals surface area contributed by atoms with E-state index in [9.17, 15) is 4.79 Å². The van der Waals surface area contributed by atoms with E-state index in [1.807, 2.05) is 49.9 Å². The molecule has 1 rings (SSSR count). The average Bonchev–Trinajstić information content (AvgIpc) is 2.48. The van der Waals surface area contributed by atoms with Crippen LogP contribution >= 0.6 is 0 Å². The number of carbonyl (C=O) groups is 1. The number of rotatable bonds is 6. The van der Waals surface area contributed by atoms with Gasteiger partial charge < -0.3 is 14.5 Å². The van der Waals surface area contributed by atoms with Gasteiger partial charge in [-0.25, -0.2) is 4.79 Å². The molecular formula is C15H23N3O3. The molecule has 0 aliphatic rings. The lowest BCUT2D eigenvalue weighted by Crippen LogP contribution is -2.28. The van der Waals surface area contributed by atoms with Crippen LogP contribution in [0.15, 0.2) is 29.4 Å². The second-order valence-corrected chi connectivity index (χ2v) is 4.19. The Kier molecular flexibility index (Phi) is 7.08. The first-order valence-corrected chi connectivity index (χ1v) is 7.10. The van der Waals surface area contributed by atoms with Crippen LogP contribution in [0.2, 0.25) is 0 Å². The lowest BCUT2D eigenvalue weighted by Gasteiger charge is -2.22. The molecule has 0 aliphatic carbocycles. The number of amidine groups is 1. The number of carbonyl (C=O) groups excluding carboxylic acids is 1. The molecule has 0 fully saturated rings. The Morgan fingerprint density at radius 1 is 1.19 bits per heavy atom. The molecule has 0 saturated carbocycles. The number of hydrogen-bond acceptors (Lipinski definition) is 4. The molecule has 0 aliphatic heterocycles. The van der Waals surface area contributed by atoms with Gasteiger partial charge in [0.25, 0.3) is 0 Å². The Morgan fingerprint density at radius 2 is 1.86 bits per heavy atom. The number of nitrogens with one attached hydrogen (secondary N) is 1.